The van der Waals surface area contributed by atoms with Crippen LogP contribution >= 0.6 is 0 Å². The van der Waals surface area contributed by atoms with Gasteiger partial charge in [0.25, 0.3) is 0 Å². The lowest BCUT2D eigenvalue weighted by Crippen LogP contribution is -2.62. The van der Waals surface area contributed by atoms with Crippen molar-refractivity contribution in [3.63, 3.8) is 0 Å². The maximum atomic E-state index is 14.9. The van der Waals surface area contributed by atoms with Gasteiger partial charge >= 0.3 is 0 Å². The zero-order valence-corrected chi connectivity index (χ0v) is 21.1. The molecular weight excluding hydrogens is 448 g/mol. The average Bonchev–Trinajstić information content (AvgIpc) is 3.33. The maximum Gasteiger partial charge on any atom is 0.169 e. The summed E-state index contributed by atoms with van der Waals surface area (Å²) in [6.07, 6.45) is 5.45. The molecule has 0 spiro atoms. The molecule has 6 bridgehead atoms. The lowest BCUT2D eigenvalue weighted by Gasteiger charge is -2.64. The predicted octanol–water partition coefficient (Wildman–Crippen LogP) is 7.91. The second-order valence-electron chi connectivity index (χ2n) is 12.5. The lowest BCUT2D eigenvalue weighted by molar-refractivity contribution is -0.0540. The number of carbonyl (C=O) groups is 1. The number of carbonyl (C=O) groups excluding carboxylic acids is 1. The molecular formula is C36H32O. The third kappa shape index (κ3) is 2.63. The van der Waals surface area contributed by atoms with Gasteiger partial charge in [0, 0.05) is 21.8 Å². The number of Topliss-reactive ketones (excluding diaryl/α,β-unsaturated/α-hetero) is 1. The van der Waals surface area contributed by atoms with Crippen LogP contribution < -0.4 is 0 Å². The minimum Gasteiger partial charge on any atom is -0.294 e. The SMILES string of the molecule is O=C(c1ccccc1)C12CC3(c4ccccc4)CC4C1C(c1ccccc1)(C3)CC4(c1ccccc1)C2. The first kappa shape index (κ1) is 21.6. The molecule has 9 rings (SSSR count). The second kappa shape index (κ2) is 7.32. The maximum absolute atomic E-state index is 14.9. The molecule has 0 amide bonds. The van der Waals surface area contributed by atoms with Crippen LogP contribution in [0.2, 0.25) is 0 Å². The molecule has 5 fully saturated rings. The summed E-state index contributed by atoms with van der Waals surface area (Å²) in [6, 6.07) is 44.0. The minimum atomic E-state index is -0.345. The van der Waals surface area contributed by atoms with Gasteiger partial charge in [0.1, 0.15) is 0 Å². The van der Waals surface area contributed by atoms with Crippen LogP contribution in [-0.4, -0.2) is 5.78 Å². The summed E-state index contributed by atoms with van der Waals surface area (Å²) in [5.41, 5.74) is 4.97. The van der Waals surface area contributed by atoms with Crippen molar-refractivity contribution in [1.29, 1.82) is 0 Å². The monoisotopic (exact) mass is 480 g/mol. The number of benzene rings is 4. The van der Waals surface area contributed by atoms with Gasteiger partial charge in [-0.1, -0.05) is 121 Å². The predicted molar refractivity (Wildman–Crippen MR) is 148 cm³/mol. The Morgan fingerprint density at radius 1 is 0.541 bits per heavy atom. The smallest absolute Gasteiger partial charge is 0.169 e. The summed E-state index contributed by atoms with van der Waals surface area (Å²) in [5.74, 6) is 1.27. The van der Waals surface area contributed by atoms with Crippen molar-refractivity contribution in [3.8, 4) is 0 Å². The van der Waals surface area contributed by atoms with E-state index in [9.17, 15) is 4.79 Å². The van der Waals surface area contributed by atoms with Gasteiger partial charge in [0.15, 0.2) is 5.78 Å². The fourth-order valence-electron chi connectivity index (χ4n) is 10.4. The summed E-state index contributed by atoms with van der Waals surface area (Å²) in [4.78, 5) is 14.9. The van der Waals surface area contributed by atoms with Crippen molar-refractivity contribution in [3.05, 3.63) is 144 Å². The molecule has 6 unspecified atom stereocenters. The zero-order valence-electron chi connectivity index (χ0n) is 21.1. The van der Waals surface area contributed by atoms with Gasteiger partial charge in [0.05, 0.1) is 0 Å². The molecule has 5 aliphatic carbocycles. The molecule has 5 saturated carbocycles. The van der Waals surface area contributed by atoms with Crippen molar-refractivity contribution < 1.29 is 4.79 Å². The highest BCUT2D eigenvalue weighted by Gasteiger charge is 2.83. The normalized spacial score (nSPS) is 36.6. The largest absolute Gasteiger partial charge is 0.294 e. The molecule has 0 N–H and O–H groups in total. The summed E-state index contributed by atoms with van der Waals surface area (Å²) < 4.78 is 0. The summed E-state index contributed by atoms with van der Waals surface area (Å²) in [6.45, 7) is 0. The van der Waals surface area contributed by atoms with Crippen molar-refractivity contribution in [2.75, 3.05) is 0 Å². The van der Waals surface area contributed by atoms with Crippen LogP contribution in [0.1, 0.15) is 59.2 Å². The molecule has 0 aromatic heterocycles. The van der Waals surface area contributed by atoms with Crippen LogP contribution in [0.5, 0.6) is 0 Å². The molecule has 1 heteroatoms. The van der Waals surface area contributed by atoms with Gasteiger partial charge < -0.3 is 0 Å². The first-order valence-corrected chi connectivity index (χ1v) is 13.9. The number of hydrogen-bond acceptors (Lipinski definition) is 1. The molecule has 0 heterocycles. The Hall–Kier alpha value is -3.45. The van der Waals surface area contributed by atoms with E-state index < -0.39 is 0 Å². The van der Waals surface area contributed by atoms with Gasteiger partial charge in [-0.05, 0) is 66.0 Å². The number of hydrogen-bond donors (Lipinski definition) is 0. The Morgan fingerprint density at radius 3 is 1.65 bits per heavy atom. The van der Waals surface area contributed by atoms with Crippen LogP contribution in [-0.2, 0) is 16.2 Å². The molecule has 37 heavy (non-hydrogen) atoms. The molecule has 1 nitrogen and oxygen atoms in total. The topological polar surface area (TPSA) is 17.1 Å². The van der Waals surface area contributed by atoms with Crippen molar-refractivity contribution >= 4 is 5.78 Å². The van der Waals surface area contributed by atoms with E-state index in [1.165, 1.54) is 23.1 Å². The van der Waals surface area contributed by atoms with Crippen LogP contribution in [0.3, 0.4) is 0 Å². The quantitative estimate of drug-likeness (QED) is 0.265. The Kier molecular flexibility index (Phi) is 4.27. The molecule has 4 aromatic carbocycles. The Bertz CT molecular complexity index is 1470. The van der Waals surface area contributed by atoms with E-state index in [2.05, 4.69) is 103 Å². The van der Waals surface area contributed by atoms with E-state index >= 15 is 0 Å². The molecule has 5 aliphatic rings. The highest BCUT2D eigenvalue weighted by Crippen LogP contribution is 2.85. The summed E-state index contributed by atoms with van der Waals surface area (Å²) in [5, 5.41) is 0. The van der Waals surface area contributed by atoms with Crippen molar-refractivity contribution in [2.45, 2.75) is 48.3 Å². The Morgan fingerprint density at radius 2 is 1.05 bits per heavy atom. The standard InChI is InChI=1S/C36H32O/c37-32(26-13-5-1-6-14-26)36-23-33(27-15-7-2-8-16-27)21-30-31(36)35(22-33,29-19-11-4-12-20-29)24-34(30,25-36)28-17-9-3-10-18-28/h1-20,30-31H,21-25H2. The van der Waals surface area contributed by atoms with Gasteiger partial charge in [-0.3, -0.25) is 4.79 Å². The molecule has 0 radical (unpaired) electrons. The van der Waals surface area contributed by atoms with Gasteiger partial charge in [0.2, 0.25) is 0 Å². The third-order valence-corrected chi connectivity index (χ3v) is 11.1. The highest BCUT2D eigenvalue weighted by molar-refractivity contribution is 6.02. The van der Waals surface area contributed by atoms with E-state index in [0.29, 0.717) is 17.6 Å². The van der Waals surface area contributed by atoms with E-state index in [1.807, 2.05) is 18.2 Å². The fourth-order valence-corrected chi connectivity index (χ4v) is 10.4. The molecule has 6 atom stereocenters. The van der Waals surface area contributed by atoms with Gasteiger partial charge in [-0.15, -0.1) is 0 Å². The van der Waals surface area contributed by atoms with Crippen LogP contribution in [0.4, 0.5) is 0 Å². The summed E-state index contributed by atoms with van der Waals surface area (Å²) >= 11 is 0. The zero-order chi connectivity index (χ0) is 24.7. The van der Waals surface area contributed by atoms with E-state index in [-0.39, 0.29) is 21.7 Å². The average molecular weight is 481 g/mol. The third-order valence-electron chi connectivity index (χ3n) is 11.1. The summed E-state index contributed by atoms with van der Waals surface area (Å²) in [7, 11) is 0. The lowest BCUT2D eigenvalue weighted by atomic mass is 9.38. The number of rotatable bonds is 5. The van der Waals surface area contributed by atoms with E-state index in [0.717, 1.165) is 31.2 Å². The van der Waals surface area contributed by atoms with Crippen LogP contribution in [0.15, 0.2) is 121 Å². The highest BCUT2D eigenvalue weighted by atomic mass is 16.1. The Balaban J connectivity index is 1.43. The van der Waals surface area contributed by atoms with E-state index in [1.54, 1.807) is 0 Å². The van der Waals surface area contributed by atoms with Gasteiger partial charge in [-0.25, -0.2) is 0 Å². The molecule has 4 aromatic rings. The van der Waals surface area contributed by atoms with Crippen molar-refractivity contribution in [1.82, 2.24) is 0 Å². The van der Waals surface area contributed by atoms with Crippen molar-refractivity contribution in [2.24, 2.45) is 17.3 Å². The van der Waals surface area contributed by atoms with E-state index in [4.69, 9.17) is 0 Å². The second-order valence-corrected chi connectivity index (χ2v) is 12.5. The van der Waals surface area contributed by atoms with Gasteiger partial charge in [-0.2, -0.15) is 0 Å². The molecule has 182 valence electrons. The fraction of sp³-hybridized carbons (Fsp3) is 0.306. The number of ketones is 1. The first-order chi connectivity index (χ1) is 18.1. The Labute approximate surface area is 219 Å². The van der Waals surface area contributed by atoms with Crippen LogP contribution in [0, 0.1) is 17.3 Å². The first-order valence-electron chi connectivity index (χ1n) is 13.9. The minimum absolute atomic E-state index is 0.0107. The molecule has 0 saturated heterocycles. The molecule has 0 aliphatic heterocycles. The van der Waals surface area contributed by atoms with Crippen LogP contribution in [0.25, 0.3) is 0 Å².